The van der Waals surface area contributed by atoms with Crippen molar-refractivity contribution in [2.45, 2.75) is 19.5 Å². The maximum absolute atomic E-state index is 12.5. The van der Waals surface area contributed by atoms with Crippen LogP contribution in [0.15, 0.2) is 48.1 Å². The topological polar surface area (TPSA) is 73.3 Å². The maximum atomic E-state index is 12.5. The van der Waals surface area contributed by atoms with Crippen LogP contribution in [-0.4, -0.2) is 36.1 Å². The first-order valence-electron chi connectivity index (χ1n) is 8.78. The molecule has 2 heterocycles. The molecule has 0 saturated carbocycles. The molecular formula is C20H19F2N3O3S. The number of nitrogens with zero attached hydrogens (tertiary/aromatic N) is 2. The van der Waals surface area contributed by atoms with Gasteiger partial charge >= 0.3 is 6.61 Å². The number of hydrogen-bond acceptors (Lipinski definition) is 6. The highest BCUT2D eigenvalue weighted by Crippen LogP contribution is 2.29. The minimum Gasteiger partial charge on any atom is -0.493 e. The Morgan fingerprint density at radius 2 is 2.14 bits per heavy atom. The van der Waals surface area contributed by atoms with Gasteiger partial charge in [0.05, 0.1) is 19.2 Å². The summed E-state index contributed by atoms with van der Waals surface area (Å²) < 4.78 is 34.5. The lowest BCUT2D eigenvalue weighted by Gasteiger charge is -2.11. The van der Waals surface area contributed by atoms with Gasteiger partial charge in [0.25, 0.3) is 0 Å². The molecule has 0 bridgehead atoms. The Kier molecular flexibility index (Phi) is 7.07. The average Bonchev–Trinajstić information content (AvgIpc) is 3.17. The van der Waals surface area contributed by atoms with Gasteiger partial charge in [-0.3, -0.25) is 9.78 Å². The predicted octanol–water partition coefficient (Wildman–Crippen LogP) is 3.72. The zero-order chi connectivity index (χ0) is 20.6. The molecule has 2 aromatic heterocycles. The fraction of sp³-hybridized carbons (Fsp3) is 0.250. The number of methoxy groups -OCH3 is 1. The molecule has 0 atom stereocenters. The van der Waals surface area contributed by atoms with Crippen molar-refractivity contribution >= 4 is 17.2 Å². The van der Waals surface area contributed by atoms with E-state index in [1.807, 2.05) is 17.5 Å². The summed E-state index contributed by atoms with van der Waals surface area (Å²) in [4.78, 5) is 20.7. The summed E-state index contributed by atoms with van der Waals surface area (Å²) in [5.41, 5.74) is 2.34. The normalized spacial score (nSPS) is 10.8. The van der Waals surface area contributed by atoms with Crippen LogP contribution < -0.4 is 14.8 Å². The molecule has 0 radical (unpaired) electrons. The Hall–Kier alpha value is -3.07. The standard InChI is InChI=1S/C20H19F2N3O3S/c1-27-16-5-4-13(9-17(16)28-20(21)22)6-8-24-18(26)10-15-12-29-19(25-15)14-3-2-7-23-11-14/h2-5,7,9,11-12,20H,6,8,10H2,1H3,(H,24,26). The Bertz CT molecular complexity index is 951. The predicted molar refractivity (Wildman–Crippen MR) is 105 cm³/mol. The maximum Gasteiger partial charge on any atom is 0.387 e. The smallest absolute Gasteiger partial charge is 0.387 e. The van der Waals surface area contributed by atoms with E-state index in [9.17, 15) is 13.6 Å². The van der Waals surface area contributed by atoms with Crippen molar-refractivity contribution in [2.24, 2.45) is 0 Å². The zero-order valence-electron chi connectivity index (χ0n) is 15.6. The molecule has 0 fully saturated rings. The molecule has 1 amide bonds. The van der Waals surface area contributed by atoms with Gasteiger partial charge in [0.2, 0.25) is 5.91 Å². The summed E-state index contributed by atoms with van der Waals surface area (Å²) in [6.45, 7) is -2.58. The van der Waals surface area contributed by atoms with E-state index in [0.29, 0.717) is 18.7 Å². The lowest BCUT2D eigenvalue weighted by Crippen LogP contribution is -2.27. The van der Waals surface area contributed by atoms with E-state index >= 15 is 0 Å². The number of thiazole rings is 1. The molecule has 0 aliphatic carbocycles. The molecule has 1 N–H and O–H groups in total. The molecule has 0 saturated heterocycles. The van der Waals surface area contributed by atoms with E-state index in [1.54, 1.807) is 24.5 Å². The molecule has 3 aromatic rings. The van der Waals surface area contributed by atoms with Gasteiger partial charge in [0.15, 0.2) is 11.5 Å². The van der Waals surface area contributed by atoms with Crippen molar-refractivity contribution in [3.05, 3.63) is 59.4 Å². The van der Waals surface area contributed by atoms with Crippen LogP contribution in [0.4, 0.5) is 8.78 Å². The van der Waals surface area contributed by atoms with Gasteiger partial charge in [-0.2, -0.15) is 8.78 Å². The number of amides is 1. The van der Waals surface area contributed by atoms with Crippen LogP contribution in [0.2, 0.25) is 0 Å². The first kappa shape index (κ1) is 20.7. The first-order valence-corrected chi connectivity index (χ1v) is 9.66. The second kappa shape index (κ2) is 9.92. The van der Waals surface area contributed by atoms with Crippen LogP contribution in [0.25, 0.3) is 10.6 Å². The van der Waals surface area contributed by atoms with Gasteiger partial charge in [-0.1, -0.05) is 6.07 Å². The number of rotatable bonds is 9. The molecule has 0 aliphatic rings. The Labute approximate surface area is 170 Å². The number of aromatic nitrogens is 2. The highest BCUT2D eigenvalue weighted by molar-refractivity contribution is 7.13. The van der Waals surface area contributed by atoms with Crippen molar-refractivity contribution in [3.63, 3.8) is 0 Å². The average molecular weight is 419 g/mol. The van der Waals surface area contributed by atoms with Crippen molar-refractivity contribution in [1.29, 1.82) is 0 Å². The molecule has 3 rings (SSSR count). The number of benzene rings is 1. The summed E-state index contributed by atoms with van der Waals surface area (Å²) >= 11 is 1.46. The third kappa shape index (κ3) is 5.95. The molecule has 0 spiro atoms. The third-order valence-corrected chi connectivity index (χ3v) is 4.92. The summed E-state index contributed by atoms with van der Waals surface area (Å²) in [5, 5.41) is 5.47. The number of pyridine rings is 1. The molecule has 0 aliphatic heterocycles. The summed E-state index contributed by atoms with van der Waals surface area (Å²) in [7, 11) is 1.38. The van der Waals surface area contributed by atoms with E-state index in [0.717, 1.165) is 16.1 Å². The number of alkyl halides is 2. The quantitative estimate of drug-likeness (QED) is 0.572. The van der Waals surface area contributed by atoms with Crippen molar-refractivity contribution in [1.82, 2.24) is 15.3 Å². The number of ether oxygens (including phenoxy) is 2. The molecular weight excluding hydrogens is 400 g/mol. The van der Waals surface area contributed by atoms with E-state index in [-0.39, 0.29) is 23.8 Å². The molecule has 6 nitrogen and oxygen atoms in total. The fourth-order valence-corrected chi connectivity index (χ4v) is 3.46. The minimum atomic E-state index is -2.94. The lowest BCUT2D eigenvalue weighted by molar-refractivity contribution is -0.120. The summed E-state index contributed by atoms with van der Waals surface area (Å²) in [6.07, 6.45) is 4.05. The van der Waals surface area contributed by atoms with Gasteiger partial charge in [-0.25, -0.2) is 4.98 Å². The largest absolute Gasteiger partial charge is 0.493 e. The number of hydrogen-bond donors (Lipinski definition) is 1. The van der Waals surface area contributed by atoms with Gasteiger partial charge in [-0.15, -0.1) is 11.3 Å². The Morgan fingerprint density at radius 3 is 2.86 bits per heavy atom. The van der Waals surface area contributed by atoms with Crippen LogP contribution in [0.5, 0.6) is 11.5 Å². The number of nitrogens with one attached hydrogen (secondary N) is 1. The SMILES string of the molecule is COc1ccc(CCNC(=O)Cc2csc(-c3cccnc3)n2)cc1OC(F)F. The zero-order valence-corrected chi connectivity index (χ0v) is 16.4. The molecule has 1 aromatic carbocycles. The summed E-state index contributed by atoms with van der Waals surface area (Å²) in [6, 6.07) is 8.53. The number of carbonyl (C=O) groups excluding carboxylic acids is 1. The highest BCUT2D eigenvalue weighted by atomic mass is 32.1. The van der Waals surface area contributed by atoms with Crippen LogP contribution in [0, 0.1) is 0 Å². The molecule has 9 heteroatoms. The molecule has 29 heavy (non-hydrogen) atoms. The highest BCUT2D eigenvalue weighted by Gasteiger charge is 2.12. The van der Waals surface area contributed by atoms with E-state index < -0.39 is 6.61 Å². The molecule has 152 valence electrons. The fourth-order valence-electron chi connectivity index (χ4n) is 2.65. The third-order valence-electron chi connectivity index (χ3n) is 3.98. The van der Waals surface area contributed by atoms with Crippen molar-refractivity contribution in [3.8, 4) is 22.1 Å². The Balaban J connectivity index is 1.51. The van der Waals surface area contributed by atoms with Crippen molar-refractivity contribution < 1.29 is 23.0 Å². The van der Waals surface area contributed by atoms with Gasteiger partial charge in [0, 0.05) is 29.9 Å². The van der Waals surface area contributed by atoms with E-state index in [1.165, 1.54) is 24.5 Å². The van der Waals surface area contributed by atoms with Gasteiger partial charge in [-0.05, 0) is 36.2 Å². The number of halogens is 2. The lowest BCUT2D eigenvalue weighted by atomic mass is 10.1. The van der Waals surface area contributed by atoms with Crippen LogP contribution >= 0.6 is 11.3 Å². The van der Waals surface area contributed by atoms with Gasteiger partial charge < -0.3 is 14.8 Å². The summed E-state index contributed by atoms with van der Waals surface area (Å²) in [5.74, 6) is 0.0355. The van der Waals surface area contributed by atoms with Crippen LogP contribution in [0.1, 0.15) is 11.3 Å². The van der Waals surface area contributed by atoms with Gasteiger partial charge in [0.1, 0.15) is 5.01 Å². The van der Waals surface area contributed by atoms with Crippen LogP contribution in [0.3, 0.4) is 0 Å². The second-order valence-electron chi connectivity index (χ2n) is 6.03. The first-order chi connectivity index (χ1) is 14.0. The minimum absolute atomic E-state index is 0.0308. The van der Waals surface area contributed by atoms with E-state index in [4.69, 9.17) is 4.74 Å². The number of carbonyl (C=O) groups is 1. The molecule has 0 unspecified atom stereocenters. The second-order valence-corrected chi connectivity index (χ2v) is 6.88. The Morgan fingerprint density at radius 1 is 1.28 bits per heavy atom. The van der Waals surface area contributed by atoms with Crippen molar-refractivity contribution in [2.75, 3.05) is 13.7 Å². The monoisotopic (exact) mass is 419 g/mol. The van der Waals surface area contributed by atoms with Crippen LogP contribution in [-0.2, 0) is 17.6 Å². The van der Waals surface area contributed by atoms with E-state index in [2.05, 4.69) is 20.0 Å².